The van der Waals surface area contributed by atoms with E-state index in [1.54, 1.807) is 29.2 Å². The molecule has 2 aromatic carbocycles. The van der Waals surface area contributed by atoms with Crippen LogP contribution in [0.3, 0.4) is 0 Å². The van der Waals surface area contributed by atoms with Gasteiger partial charge in [-0.3, -0.25) is 4.79 Å². The third kappa shape index (κ3) is 3.35. The lowest BCUT2D eigenvalue weighted by molar-refractivity contribution is -0.0228. The van der Waals surface area contributed by atoms with E-state index in [-0.39, 0.29) is 17.8 Å². The van der Waals surface area contributed by atoms with Crippen LogP contribution in [0.4, 0.5) is 10.1 Å². The van der Waals surface area contributed by atoms with Crippen LogP contribution in [0.2, 0.25) is 0 Å². The first-order valence-corrected chi connectivity index (χ1v) is 7.57. The number of carbonyl (C=O) groups excluding carboxylic acids is 1. The molecule has 4 nitrogen and oxygen atoms in total. The zero-order valence-electron chi connectivity index (χ0n) is 13.0. The molecule has 1 fully saturated rings. The summed E-state index contributed by atoms with van der Waals surface area (Å²) >= 11 is 0. The van der Waals surface area contributed by atoms with Crippen molar-refractivity contribution in [3.8, 4) is 0 Å². The van der Waals surface area contributed by atoms with Crippen molar-refractivity contribution < 1.29 is 13.9 Å². The Morgan fingerprint density at radius 1 is 1.26 bits per heavy atom. The number of hydrogen-bond acceptors (Lipinski definition) is 3. The Bertz CT molecular complexity index is 715. The Kier molecular flexibility index (Phi) is 4.30. The van der Waals surface area contributed by atoms with Crippen molar-refractivity contribution in [3.05, 3.63) is 65.0 Å². The van der Waals surface area contributed by atoms with Gasteiger partial charge in [-0.25, -0.2) is 4.39 Å². The monoisotopic (exact) mass is 314 g/mol. The summed E-state index contributed by atoms with van der Waals surface area (Å²) in [5, 5.41) is 0. The number of ether oxygens (including phenoxy) is 1. The van der Waals surface area contributed by atoms with Crippen LogP contribution in [0.25, 0.3) is 0 Å². The minimum absolute atomic E-state index is 0.0507. The van der Waals surface area contributed by atoms with Gasteiger partial charge in [0, 0.05) is 17.8 Å². The van der Waals surface area contributed by atoms with Gasteiger partial charge in [0.15, 0.2) is 0 Å². The van der Waals surface area contributed by atoms with Crippen LogP contribution < -0.4 is 5.73 Å². The summed E-state index contributed by atoms with van der Waals surface area (Å²) in [5.41, 5.74) is 8.75. The summed E-state index contributed by atoms with van der Waals surface area (Å²) < 4.78 is 18.8. The SMILES string of the molecule is Cc1ccc(N)cc1C(=O)N1CCOC(c2ccc(F)cc2)C1. The van der Waals surface area contributed by atoms with Gasteiger partial charge in [0.25, 0.3) is 5.91 Å². The maximum absolute atomic E-state index is 13.0. The molecule has 2 aromatic rings. The molecule has 120 valence electrons. The molecule has 1 atom stereocenters. The van der Waals surface area contributed by atoms with Crippen LogP contribution >= 0.6 is 0 Å². The molecule has 5 heteroatoms. The maximum atomic E-state index is 13.0. The number of nitrogens with zero attached hydrogens (tertiary/aromatic N) is 1. The molecule has 1 aliphatic heterocycles. The van der Waals surface area contributed by atoms with Crippen LogP contribution in [-0.4, -0.2) is 30.5 Å². The molecule has 1 saturated heterocycles. The number of hydrogen-bond donors (Lipinski definition) is 1. The highest BCUT2D eigenvalue weighted by Crippen LogP contribution is 2.24. The largest absolute Gasteiger partial charge is 0.399 e. The normalized spacial score (nSPS) is 18.0. The number of aryl methyl sites for hydroxylation is 1. The second-order valence-corrected chi connectivity index (χ2v) is 5.74. The quantitative estimate of drug-likeness (QED) is 0.867. The van der Waals surface area contributed by atoms with Crippen molar-refractivity contribution in [1.29, 1.82) is 0 Å². The lowest BCUT2D eigenvalue weighted by atomic mass is 10.0. The third-order valence-electron chi connectivity index (χ3n) is 4.09. The van der Waals surface area contributed by atoms with Gasteiger partial charge in [-0.2, -0.15) is 0 Å². The molecule has 0 radical (unpaired) electrons. The van der Waals surface area contributed by atoms with Gasteiger partial charge in [-0.05, 0) is 42.3 Å². The molecule has 0 aliphatic carbocycles. The lowest BCUT2D eigenvalue weighted by Gasteiger charge is -2.33. The highest BCUT2D eigenvalue weighted by atomic mass is 19.1. The Labute approximate surface area is 134 Å². The summed E-state index contributed by atoms with van der Waals surface area (Å²) in [6, 6.07) is 11.5. The molecule has 0 saturated carbocycles. The fourth-order valence-corrected chi connectivity index (χ4v) is 2.75. The van der Waals surface area contributed by atoms with Gasteiger partial charge in [0.2, 0.25) is 0 Å². The molecule has 0 bridgehead atoms. The zero-order chi connectivity index (χ0) is 16.4. The van der Waals surface area contributed by atoms with E-state index in [9.17, 15) is 9.18 Å². The number of nitrogen functional groups attached to an aromatic ring is 1. The van der Waals surface area contributed by atoms with Crippen molar-refractivity contribution in [2.24, 2.45) is 0 Å². The molecular weight excluding hydrogens is 295 g/mol. The van der Waals surface area contributed by atoms with Crippen LogP contribution in [0.5, 0.6) is 0 Å². The summed E-state index contributed by atoms with van der Waals surface area (Å²) in [6.07, 6.45) is -0.241. The molecule has 1 amide bonds. The van der Waals surface area contributed by atoms with Crippen LogP contribution in [-0.2, 0) is 4.74 Å². The van der Waals surface area contributed by atoms with Gasteiger partial charge in [0.1, 0.15) is 11.9 Å². The molecule has 0 aromatic heterocycles. The van der Waals surface area contributed by atoms with Crippen molar-refractivity contribution in [3.63, 3.8) is 0 Å². The number of rotatable bonds is 2. The smallest absolute Gasteiger partial charge is 0.254 e. The molecule has 1 heterocycles. The first-order valence-electron chi connectivity index (χ1n) is 7.57. The minimum atomic E-state index is -0.284. The van der Waals surface area contributed by atoms with Gasteiger partial charge in [-0.1, -0.05) is 18.2 Å². The third-order valence-corrected chi connectivity index (χ3v) is 4.09. The van der Waals surface area contributed by atoms with Crippen LogP contribution in [0.1, 0.15) is 27.6 Å². The Balaban J connectivity index is 1.79. The predicted octanol–water partition coefficient (Wildman–Crippen LogP) is 2.93. The second-order valence-electron chi connectivity index (χ2n) is 5.74. The van der Waals surface area contributed by atoms with E-state index >= 15 is 0 Å². The maximum Gasteiger partial charge on any atom is 0.254 e. The fourth-order valence-electron chi connectivity index (χ4n) is 2.75. The zero-order valence-corrected chi connectivity index (χ0v) is 13.0. The van der Waals surface area contributed by atoms with E-state index in [1.165, 1.54) is 12.1 Å². The van der Waals surface area contributed by atoms with E-state index in [0.717, 1.165) is 11.1 Å². The fraction of sp³-hybridized carbons (Fsp3) is 0.278. The molecule has 23 heavy (non-hydrogen) atoms. The number of amides is 1. The van der Waals surface area contributed by atoms with Gasteiger partial charge in [-0.15, -0.1) is 0 Å². The van der Waals surface area contributed by atoms with Crippen molar-refractivity contribution in [2.45, 2.75) is 13.0 Å². The molecule has 1 unspecified atom stereocenters. The van der Waals surface area contributed by atoms with Gasteiger partial charge >= 0.3 is 0 Å². The van der Waals surface area contributed by atoms with Crippen molar-refractivity contribution in [2.75, 3.05) is 25.4 Å². The molecule has 3 rings (SSSR count). The van der Waals surface area contributed by atoms with E-state index in [2.05, 4.69) is 0 Å². The van der Waals surface area contributed by atoms with Gasteiger partial charge in [0.05, 0.1) is 13.2 Å². The molecule has 0 spiro atoms. The summed E-state index contributed by atoms with van der Waals surface area (Å²) in [5.74, 6) is -0.335. The van der Waals surface area contributed by atoms with E-state index < -0.39 is 0 Å². The number of anilines is 1. The van der Waals surface area contributed by atoms with E-state index in [1.807, 2.05) is 13.0 Å². The van der Waals surface area contributed by atoms with Crippen LogP contribution in [0.15, 0.2) is 42.5 Å². The average Bonchev–Trinajstić information content (AvgIpc) is 2.57. The first-order chi connectivity index (χ1) is 11.0. The summed E-state index contributed by atoms with van der Waals surface area (Å²) in [6.45, 7) is 3.32. The topological polar surface area (TPSA) is 55.6 Å². The second kappa shape index (κ2) is 6.38. The number of nitrogens with two attached hydrogens (primary N) is 1. The highest BCUT2D eigenvalue weighted by Gasteiger charge is 2.27. The van der Waals surface area contributed by atoms with Gasteiger partial charge < -0.3 is 15.4 Å². The number of benzene rings is 2. The number of morpholine rings is 1. The summed E-state index contributed by atoms with van der Waals surface area (Å²) in [4.78, 5) is 14.5. The number of halogens is 1. The van der Waals surface area contributed by atoms with Crippen molar-refractivity contribution >= 4 is 11.6 Å². The first kappa shape index (κ1) is 15.5. The van der Waals surface area contributed by atoms with E-state index in [0.29, 0.717) is 30.9 Å². The highest BCUT2D eigenvalue weighted by molar-refractivity contribution is 5.96. The Hall–Kier alpha value is -2.40. The Morgan fingerprint density at radius 2 is 2.00 bits per heavy atom. The Morgan fingerprint density at radius 3 is 2.74 bits per heavy atom. The summed E-state index contributed by atoms with van der Waals surface area (Å²) in [7, 11) is 0. The van der Waals surface area contributed by atoms with E-state index in [4.69, 9.17) is 10.5 Å². The average molecular weight is 314 g/mol. The van der Waals surface area contributed by atoms with Crippen LogP contribution in [0, 0.1) is 12.7 Å². The lowest BCUT2D eigenvalue weighted by Crippen LogP contribution is -2.42. The predicted molar refractivity (Wildman–Crippen MR) is 86.6 cm³/mol. The standard InChI is InChI=1S/C18H19FN2O2/c1-12-2-7-15(20)10-16(12)18(22)21-8-9-23-17(11-21)13-3-5-14(19)6-4-13/h2-7,10,17H,8-9,11,20H2,1H3. The molecular formula is C18H19FN2O2. The van der Waals surface area contributed by atoms with Crippen molar-refractivity contribution in [1.82, 2.24) is 4.90 Å². The number of carbonyl (C=O) groups is 1. The molecule has 2 N–H and O–H groups in total. The minimum Gasteiger partial charge on any atom is -0.399 e. The molecule has 1 aliphatic rings.